The van der Waals surface area contributed by atoms with Crippen molar-refractivity contribution in [3.8, 4) is 5.75 Å². The summed E-state index contributed by atoms with van der Waals surface area (Å²) >= 11 is 6.48. The zero-order chi connectivity index (χ0) is 15.9. The van der Waals surface area contributed by atoms with Crippen LogP contribution in [0.3, 0.4) is 0 Å². The van der Waals surface area contributed by atoms with E-state index in [4.69, 9.17) is 21.7 Å². The quantitative estimate of drug-likeness (QED) is 0.641. The maximum Gasteiger partial charge on any atom is 0.357 e. The molecule has 0 atom stereocenters. The molecule has 2 N–H and O–H groups in total. The van der Waals surface area contributed by atoms with Crippen LogP contribution in [0.15, 0.2) is 29.6 Å². The Kier molecular flexibility index (Phi) is 5.68. The maximum atomic E-state index is 11.5. The lowest BCUT2D eigenvalue weighted by Gasteiger charge is -2.08. The number of benzene rings is 1. The largest absolute Gasteiger partial charge is 0.497 e. The Hall–Kier alpha value is -2.19. The number of hydrogen-bond acceptors (Lipinski definition) is 6. The summed E-state index contributed by atoms with van der Waals surface area (Å²) in [5.41, 5.74) is 1.09. The molecular formula is C14H15N3O3S2. The SMILES string of the molecule is CCOC(=O)c1csc(NC(=S)Nc2ccc(OC)cc2)n1. The van der Waals surface area contributed by atoms with Crippen molar-refractivity contribution in [3.63, 3.8) is 0 Å². The molecule has 0 amide bonds. The molecule has 1 aromatic carbocycles. The Morgan fingerprint density at radius 2 is 2.05 bits per heavy atom. The van der Waals surface area contributed by atoms with Crippen molar-refractivity contribution in [1.29, 1.82) is 0 Å². The summed E-state index contributed by atoms with van der Waals surface area (Å²) < 4.78 is 9.97. The summed E-state index contributed by atoms with van der Waals surface area (Å²) in [5, 5.41) is 8.47. The molecule has 0 fully saturated rings. The number of nitrogens with one attached hydrogen (secondary N) is 2. The van der Waals surface area contributed by atoms with Gasteiger partial charge in [-0.3, -0.25) is 0 Å². The fourth-order valence-electron chi connectivity index (χ4n) is 1.56. The van der Waals surface area contributed by atoms with Crippen LogP contribution in [0.25, 0.3) is 0 Å². The molecule has 0 aliphatic carbocycles. The number of carbonyl (C=O) groups is 1. The second kappa shape index (κ2) is 7.71. The van der Waals surface area contributed by atoms with Crippen LogP contribution in [0.1, 0.15) is 17.4 Å². The van der Waals surface area contributed by atoms with E-state index in [1.165, 1.54) is 11.3 Å². The standard InChI is InChI=1S/C14H15N3O3S2/c1-3-20-12(18)11-8-22-14(16-11)17-13(21)15-9-4-6-10(19-2)7-5-9/h4-8H,3H2,1-2H3,(H2,15,16,17,21). The van der Waals surface area contributed by atoms with Crippen LogP contribution in [-0.2, 0) is 4.74 Å². The molecule has 22 heavy (non-hydrogen) atoms. The molecule has 0 unspecified atom stereocenters. The van der Waals surface area contributed by atoms with E-state index in [9.17, 15) is 4.79 Å². The van der Waals surface area contributed by atoms with Crippen LogP contribution in [0.4, 0.5) is 10.8 Å². The summed E-state index contributed by atoms with van der Waals surface area (Å²) in [6, 6.07) is 7.35. The molecule has 6 nitrogen and oxygen atoms in total. The number of thiocarbonyl (C=S) groups is 1. The van der Waals surface area contributed by atoms with Crippen molar-refractivity contribution in [2.24, 2.45) is 0 Å². The molecule has 2 aromatic rings. The number of ether oxygens (including phenoxy) is 2. The van der Waals surface area contributed by atoms with Crippen LogP contribution in [0, 0.1) is 0 Å². The molecule has 0 saturated heterocycles. The van der Waals surface area contributed by atoms with Crippen molar-refractivity contribution in [2.45, 2.75) is 6.92 Å². The lowest BCUT2D eigenvalue weighted by molar-refractivity contribution is 0.0520. The predicted molar refractivity (Wildman–Crippen MR) is 90.9 cm³/mol. The number of aromatic nitrogens is 1. The van der Waals surface area contributed by atoms with Gasteiger partial charge in [0, 0.05) is 11.1 Å². The van der Waals surface area contributed by atoms with E-state index in [0.717, 1.165) is 11.4 Å². The third-order valence-corrected chi connectivity index (χ3v) is 3.52. The van der Waals surface area contributed by atoms with Crippen molar-refractivity contribution in [2.75, 3.05) is 24.4 Å². The first-order valence-corrected chi connectivity index (χ1v) is 7.76. The molecule has 0 spiro atoms. The van der Waals surface area contributed by atoms with E-state index in [1.807, 2.05) is 24.3 Å². The van der Waals surface area contributed by atoms with E-state index < -0.39 is 5.97 Å². The van der Waals surface area contributed by atoms with Crippen molar-refractivity contribution < 1.29 is 14.3 Å². The fourth-order valence-corrected chi connectivity index (χ4v) is 2.53. The Labute approximate surface area is 137 Å². The second-order valence-electron chi connectivity index (χ2n) is 4.07. The van der Waals surface area contributed by atoms with Gasteiger partial charge in [-0.2, -0.15) is 0 Å². The lowest BCUT2D eigenvalue weighted by Crippen LogP contribution is -2.19. The van der Waals surface area contributed by atoms with Crippen LogP contribution in [0.5, 0.6) is 5.75 Å². The minimum atomic E-state index is -0.444. The van der Waals surface area contributed by atoms with Crippen LogP contribution < -0.4 is 15.4 Å². The monoisotopic (exact) mass is 337 g/mol. The van der Waals surface area contributed by atoms with Crippen molar-refractivity contribution in [3.05, 3.63) is 35.3 Å². The van der Waals surface area contributed by atoms with Crippen molar-refractivity contribution >= 4 is 45.5 Å². The highest BCUT2D eigenvalue weighted by Crippen LogP contribution is 2.18. The summed E-state index contributed by atoms with van der Waals surface area (Å²) in [4.78, 5) is 15.7. The van der Waals surface area contributed by atoms with Gasteiger partial charge in [0.15, 0.2) is 15.9 Å². The van der Waals surface area contributed by atoms with Crippen molar-refractivity contribution in [1.82, 2.24) is 4.98 Å². The van der Waals surface area contributed by atoms with Gasteiger partial charge >= 0.3 is 5.97 Å². The van der Waals surface area contributed by atoms with Gasteiger partial charge in [-0.25, -0.2) is 9.78 Å². The van der Waals surface area contributed by atoms with Gasteiger partial charge in [0.25, 0.3) is 0 Å². The number of methoxy groups -OCH3 is 1. The first-order chi connectivity index (χ1) is 10.6. The minimum absolute atomic E-state index is 0.265. The Morgan fingerprint density at radius 3 is 2.68 bits per heavy atom. The van der Waals surface area contributed by atoms with Gasteiger partial charge < -0.3 is 20.1 Å². The highest BCUT2D eigenvalue weighted by molar-refractivity contribution is 7.80. The van der Waals surface area contributed by atoms with Crippen LogP contribution in [-0.4, -0.2) is 29.8 Å². The third-order valence-electron chi connectivity index (χ3n) is 2.56. The predicted octanol–water partition coefficient (Wildman–Crippen LogP) is 3.14. The third kappa shape index (κ3) is 4.40. The highest BCUT2D eigenvalue weighted by Gasteiger charge is 2.12. The lowest BCUT2D eigenvalue weighted by atomic mass is 10.3. The molecule has 1 heterocycles. The molecule has 8 heteroatoms. The molecule has 0 bridgehead atoms. The van der Waals surface area contributed by atoms with Crippen LogP contribution in [0.2, 0.25) is 0 Å². The topological polar surface area (TPSA) is 72.5 Å². The minimum Gasteiger partial charge on any atom is -0.497 e. The van der Waals surface area contributed by atoms with E-state index in [2.05, 4.69) is 15.6 Å². The molecule has 116 valence electrons. The zero-order valence-corrected chi connectivity index (χ0v) is 13.7. The summed E-state index contributed by atoms with van der Waals surface area (Å²) in [6.07, 6.45) is 0. The number of rotatable bonds is 5. The number of esters is 1. The number of hydrogen-bond donors (Lipinski definition) is 2. The normalized spacial score (nSPS) is 9.91. The highest BCUT2D eigenvalue weighted by atomic mass is 32.1. The first kappa shape index (κ1) is 16.2. The Balaban J connectivity index is 1.92. The second-order valence-corrected chi connectivity index (χ2v) is 5.33. The van der Waals surface area contributed by atoms with E-state index in [1.54, 1.807) is 19.4 Å². The number of thiazole rings is 1. The number of nitrogens with zero attached hydrogens (tertiary/aromatic N) is 1. The molecule has 0 radical (unpaired) electrons. The van der Waals surface area contributed by atoms with E-state index in [0.29, 0.717) is 16.9 Å². The van der Waals surface area contributed by atoms with Gasteiger partial charge in [0.05, 0.1) is 13.7 Å². The smallest absolute Gasteiger partial charge is 0.357 e. The summed E-state index contributed by atoms with van der Waals surface area (Å²) in [6.45, 7) is 2.06. The molecule has 0 aliphatic heterocycles. The number of carbonyl (C=O) groups excluding carboxylic acids is 1. The fraction of sp³-hybridized carbons (Fsp3) is 0.214. The van der Waals surface area contributed by atoms with E-state index in [-0.39, 0.29) is 5.69 Å². The van der Waals surface area contributed by atoms with E-state index >= 15 is 0 Å². The van der Waals surface area contributed by atoms with Gasteiger partial charge in [-0.05, 0) is 43.4 Å². The summed E-state index contributed by atoms with van der Waals surface area (Å²) in [7, 11) is 1.61. The Morgan fingerprint density at radius 1 is 1.32 bits per heavy atom. The van der Waals surface area contributed by atoms with Gasteiger partial charge in [0.2, 0.25) is 0 Å². The molecule has 1 aromatic heterocycles. The zero-order valence-electron chi connectivity index (χ0n) is 12.1. The van der Waals surface area contributed by atoms with Crippen LogP contribution >= 0.6 is 23.6 Å². The van der Waals surface area contributed by atoms with Gasteiger partial charge in [0.1, 0.15) is 5.75 Å². The van der Waals surface area contributed by atoms with Gasteiger partial charge in [-0.15, -0.1) is 11.3 Å². The Bertz CT molecular complexity index is 656. The van der Waals surface area contributed by atoms with Gasteiger partial charge in [-0.1, -0.05) is 0 Å². The maximum absolute atomic E-state index is 11.5. The molecule has 0 aliphatic rings. The average molecular weight is 337 g/mol. The molecular weight excluding hydrogens is 322 g/mol. The summed E-state index contributed by atoms with van der Waals surface area (Å²) in [5.74, 6) is 0.323. The average Bonchev–Trinajstić information content (AvgIpc) is 2.96. The number of anilines is 2. The molecule has 0 saturated carbocycles. The molecule has 2 rings (SSSR count). The first-order valence-electron chi connectivity index (χ1n) is 6.47.